The van der Waals surface area contributed by atoms with Crippen molar-refractivity contribution in [2.45, 2.75) is 35.5 Å². The predicted molar refractivity (Wildman–Crippen MR) is 86.3 cm³/mol. The lowest BCUT2D eigenvalue weighted by molar-refractivity contribution is 0.394. The molecule has 0 spiro atoms. The summed E-state index contributed by atoms with van der Waals surface area (Å²) in [5.74, 6) is 0.115. The van der Waals surface area contributed by atoms with Crippen molar-refractivity contribution in [3.63, 3.8) is 0 Å². The molecule has 0 saturated heterocycles. The second-order valence-electron chi connectivity index (χ2n) is 5.84. The van der Waals surface area contributed by atoms with Gasteiger partial charge in [0.25, 0.3) is 0 Å². The van der Waals surface area contributed by atoms with Crippen LogP contribution in [0.15, 0.2) is 34.1 Å². The van der Waals surface area contributed by atoms with Gasteiger partial charge >= 0.3 is 0 Å². The minimum atomic E-state index is -3.40. The van der Waals surface area contributed by atoms with E-state index in [0.29, 0.717) is 5.33 Å². The van der Waals surface area contributed by atoms with Gasteiger partial charge in [-0.05, 0) is 42.5 Å². The molecule has 0 amide bonds. The Kier molecular flexibility index (Phi) is 4.85. The Morgan fingerprint density at radius 2 is 1.48 bits per heavy atom. The van der Waals surface area contributed by atoms with E-state index in [1.807, 2.05) is 0 Å². The van der Waals surface area contributed by atoms with E-state index in [1.165, 1.54) is 24.3 Å². The Hall–Kier alpha value is -0.400. The van der Waals surface area contributed by atoms with Crippen LogP contribution in [-0.2, 0) is 19.7 Å². The van der Waals surface area contributed by atoms with Gasteiger partial charge in [-0.15, -0.1) is 0 Å². The third-order valence-corrected chi connectivity index (χ3v) is 8.36. The van der Waals surface area contributed by atoms with E-state index in [0.717, 1.165) is 31.9 Å². The van der Waals surface area contributed by atoms with Gasteiger partial charge in [-0.25, -0.2) is 16.8 Å². The number of halogens is 1. The zero-order valence-electron chi connectivity index (χ0n) is 11.9. The molecule has 0 radical (unpaired) electrons. The molecule has 0 heterocycles. The highest BCUT2D eigenvalue weighted by Crippen LogP contribution is 2.41. The van der Waals surface area contributed by atoms with Crippen LogP contribution in [-0.4, -0.2) is 34.2 Å². The van der Waals surface area contributed by atoms with Gasteiger partial charge in [-0.2, -0.15) is 0 Å². The average Bonchev–Trinajstić information content (AvgIpc) is 2.86. The van der Waals surface area contributed by atoms with Crippen LogP contribution in [0, 0.1) is 5.41 Å². The molecule has 1 saturated carbocycles. The molecule has 0 N–H and O–H groups in total. The van der Waals surface area contributed by atoms with E-state index < -0.39 is 19.7 Å². The van der Waals surface area contributed by atoms with Crippen molar-refractivity contribution in [2.24, 2.45) is 5.41 Å². The summed E-state index contributed by atoms with van der Waals surface area (Å²) in [7, 11) is -6.71. The fourth-order valence-electron chi connectivity index (χ4n) is 2.82. The lowest BCUT2D eigenvalue weighted by Crippen LogP contribution is -2.29. The summed E-state index contributed by atoms with van der Waals surface area (Å²) >= 11 is 3.45. The molecule has 1 aromatic carbocycles. The summed E-state index contributed by atoms with van der Waals surface area (Å²) in [6.07, 6.45) is 5.06. The maximum absolute atomic E-state index is 12.5. The van der Waals surface area contributed by atoms with Crippen molar-refractivity contribution in [3.05, 3.63) is 24.3 Å². The van der Waals surface area contributed by atoms with Crippen molar-refractivity contribution < 1.29 is 16.8 Å². The summed E-state index contributed by atoms with van der Waals surface area (Å²) in [6.45, 7) is 0. The van der Waals surface area contributed by atoms with E-state index in [2.05, 4.69) is 15.9 Å². The van der Waals surface area contributed by atoms with Crippen LogP contribution < -0.4 is 0 Å². The summed E-state index contributed by atoms with van der Waals surface area (Å²) in [6, 6.07) is 5.50. The monoisotopic (exact) mass is 394 g/mol. The standard InChI is InChI=1S/C14H19BrO4S2/c1-20(16,17)12-4-6-13(7-5-12)21(18,19)11-14(10-15)8-2-3-9-14/h4-7H,2-3,8-11H2,1H3. The molecule has 0 unspecified atom stereocenters. The average molecular weight is 395 g/mol. The first-order chi connectivity index (χ1) is 9.69. The highest BCUT2D eigenvalue weighted by atomic mass is 79.9. The van der Waals surface area contributed by atoms with Gasteiger partial charge < -0.3 is 0 Å². The Bertz CT molecular complexity index is 700. The lowest BCUT2D eigenvalue weighted by Gasteiger charge is -2.26. The maximum Gasteiger partial charge on any atom is 0.178 e. The first-order valence-corrected chi connectivity index (χ1v) is 11.4. The van der Waals surface area contributed by atoms with Gasteiger partial charge in [0, 0.05) is 11.6 Å². The van der Waals surface area contributed by atoms with Gasteiger partial charge in [0.2, 0.25) is 0 Å². The molecule has 118 valence electrons. The number of benzene rings is 1. The fourth-order valence-corrected chi connectivity index (χ4v) is 6.39. The third kappa shape index (κ3) is 3.87. The van der Waals surface area contributed by atoms with Crippen molar-refractivity contribution >= 4 is 35.6 Å². The number of rotatable bonds is 5. The van der Waals surface area contributed by atoms with Crippen LogP contribution in [0.5, 0.6) is 0 Å². The first kappa shape index (κ1) is 17.0. The maximum atomic E-state index is 12.5. The SMILES string of the molecule is CS(=O)(=O)c1ccc(S(=O)(=O)CC2(CBr)CCCC2)cc1. The van der Waals surface area contributed by atoms with Crippen LogP contribution in [0.25, 0.3) is 0 Å². The van der Waals surface area contributed by atoms with Crippen molar-refractivity contribution in [3.8, 4) is 0 Å². The molecule has 0 aliphatic heterocycles. The smallest absolute Gasteiger partial charge is 0.178 e. The molecule has 7 heteroatoms. The van der Waals surface area contributed by atoms with Crippen LogP contribution in [0.2, 0.25) is 0 Å². The van der Waals surface area contributed by atoms with Crippen molar-refractivity contribution in [2.75, 3.05) is 17.3 Å². The van der Waals surface area contributed by atoms with Crippen LogP contribution in [0.4, 0.5) is 0 Å². The van der Waals surface area contributed by atoms with E-state index in [1.54, 1.807) is 0 Å². The molecule has 1 aliphatic rings. The lowest BCUT2D eigenvalue weighted by atomic mass is 9.92. The Morgan fingerprint density at radius 3 is 1.90 bits per heavy atom. The molecule has 21 heavy (non-hydrogen) atoms. The highest BCUT2D eigenvalue weighted by molar-refractivity contribution is 9.09. The molecule has 0 atom stereocenters. The molecule has 1 aromatic rings. The number of hydrogen-bond donors (Lipinski definition) is 0. The molecule has 1 aliphatic carbocycles. The fraction of sp³-hybridized carbons (Fsp3) is 0.571. The topological polar surface area (TPSA) is 68.3 Å². The van der Waals surface area contributed by atoms with Crippen molar-refractivity contribution in [1.29, 1.82) is 0 Å². The largest absolute Gasteiger partial charge is 0.224 e. The highest BCUT2D eigenvalue weighted by Gasteiger charge is 2.37. The molecule has 1 fully saturated rings. The molecular formula is C14H19BrO4S2. The normalized spacial score (nSPS) is 18.8. The molecule has 0 bridgehead atoms. The van der Waals surface area contributed by atoms with E-state index >= 15 is 0 Å². The van der Waals surface area contributed by atoms with E-state index in [-0.39, 0.29) is 21.0 Å². The summed E-state index contributed by atoms with van der Waals surface area (Å²) in [5, 5.41) is 0.681. The summed E-state index contributed by atoms with van der Waals surface area (Å²) in [5.41, 5.74) is -0.186. The minimum absolute atomic E-state index is 0.115. The van der Waals surface area contributed by atoms with Crippen LogP contribution in [0.3, 0.4) is 0 Å². The first-order valence-electron chi connectivity index (χ1n) is 6.77. The molecule has 0 aromatic heterocycles. The van der Waals surface area contributed by atoms with Gasteiger partial charge in [-0.1, -0.05) is 28.8 Å². The zero-order valence-corrected chi connectivity index (χ0v) is 15.1. The van der Waals surface area contributed by atoms with E-state index in [9.17, 15) is 16.8 Å². The summed E-state index contributed by atoms with van der Waals surface area (Å²) in [4.78, 5) is 0.333. The summed E-state index contributed by atoms with van der Waals surface area (Å²) < 4.78 is 47.9. The third-order valence-electron chi connectivity index (χ3n) is 4.05. The minimum Gasteiger partial charge on any atom is -0.224 e. The zero-order chi connectivity index (χ0) is 15.7. The molecular weight excluding hydrogens is 376 g/mol. The van der Waals surface area contributed by atoms with Gasteiger partial charge in [0.05, 0.1) is 15.5 Å². The van der Waals surface area contributed by atoms with Crippen molar-refractivity contribution in [1.82, 2.24) is 0 Å². The Labute approximate surface area is 134 Å². The second-order valence-corrected chi connectivity index (χ2v) is 10.4. The predicted octanol–water partition coefficient (Wildman–Crippen LogP) is 2.82. The molecule has 2 rings (SSSR count). The molecule has 4 nitrogen and oxygen atoms in total. The van der Waals surface area contributed by atoms with Gasteiger partial charge in [-0.3, -0.25) is 0 Å². The Morgan fingerprint density at radius 1 is 1.00 bits per heavy atom. The van der Waals surface area contributed by atoms with Gasteiger partial charge in [0.15, 0.2) is 19.7 Å². The quantitative estimate of drug-likeness (QED) is 0.719. The van der Waals surface area contributed by atoms with Crippen LogP contribution in [0.1, 0.15) is 25.7 Å². The Balaban J connectivity index is 2.28. The second kappa shape index (κ2) is 6.01. The number of alkyl halides is 1. The van der Waals surface area contributed by atoms with Crippen LogP contribution >= 0.6 is 15.9 Å². The van der Waals surface area contributed by atoms with Gasteiger partial charge in [0.1, 0.15) is 0 Å². The van der Waals surface area contributed by atoms with E-state index in [4.69, 9.17) is 0 Å². The number of hydrogen-bond acceptors (Lipinski definition) is 4. The number of sulfone groups is 2.